The summed E-state index contributed by atoms with van der Waals surface area (Å²) in [6.45, 7) is 6.16. The molecule has 0 saturated carbocycles. The average molecular weight is 394 g/mol. The highest BCUT2D eigenvalue weighted by Gasteiger charge is 2.36. The quantitative estimate of drug-likeness (QED) is 0.763. The van der Waals surface area contributed by atoms with Gasteiger partial charge in [0, 0.05) is 18.4 Å². The summed E-state index contributed by atoms with van der Waals surface area (Å²) < 4.78 is 4.83. The number of nitrogens with zero attached hydrogens (tertiary/aromatic N) is 1. The molecule has 2 atom stereocenters. The molecule has 8 heteroatoms. The van der Waals surface area contributed by atoms with Crippen LogP contribution in [0.3, 0.4) is 0 Å². The normalized spacial score (nSPS) is 18.2. The van der Waals surface area contributed by atoms with Crippen LogP contribution in [0.1, 0.15) is 36.7 Å². The van der Waals surface area contributed by atoms with E-state index in [0.29, 0.717) is 17.2 Å². The first-order valence-corrected chi connectivity index (χ1v) is 9.82. The lowest BCUT2D eigenvalue weighted by atomic mass is 9.86. The van der Waals surface area contributed by atoms with E-state index in [9.17, 15) is 14.4 Å². The molecular weight excluding hydrogens is 368 g/mol. The second-order valence-electron chi connectivity index (χ2n) is 7.47. The van der Waals surface area contributed by atoms with Gasteiger partial charge in [0.15, 0.2) is 6.04 Å². The number of nitrogens with one attached hydrogen (secondary N) is 1. The topological polar surface area (TPSA) is 95.9 Å². The Kier molecular flexibility index (Phi) is 6.89. The van der Waals surface area contributed by atoms with Gasteiger partial charge in [-0.15, -0.1) is 11.8 Å². The molecule has 1 heterocycles. The van der Waals surface area contributed by atoms with E-state index in [0.717, 1.165) is 5.56 Å². The van der Waals surface area contributed by atoms with Crippen LogP contribution in [-0.4, -0.2) is 65.2 Å². The van der Waals surface area contributed by atoms with Gasteiger partial charge in [0.25, 0.3) is 5.91 Å². The smallest absolute Gasteiger partial charge is 0.328 e. The molecule has 1 aliphatic heterocycles. The Bertz CT molecular complexity index is 699. The van der Waals surface area contributed by atoms with Crippen LogP contribution in [0.2, 0.25) is 0 Å². The second-order valence-corrected chi connectivity index (χ2v) is 8.47. The van der Waals surface area contributed by atoms with Crippen LogP contribution >= 0.6 is 11.8 Å². The first kappa shape index (κ1) is 21.2. The lowest BCUT2D eigenvalue weighted by Crippen LogP contribution is -2.53. The van der Waals surface area contributed by atoms with Gasteiger partial charge < -0.3 is 20.1 Å². The molecule has 1 fully saturated rings. The first-order chi connectivity index (χ1) is 12.6. The number of amides is 2. The third kappa shape index (κ3) is 5.23. The summed E-state index contributed by atoms with van der Waals surface area (Å²) >= 11 is 1.46. The predicted octanol–water partition coefficient (Wildman–Crippen LogP) is 1.71. The van der Waals surface area contributed by atoms with Gasteiger partial charge in [-0.1, -0.05) is 32.9 Å². The summed E-state index contributed by atoms with van der Waals surface area (Å²) in [6.07, 6.45) is 0. The van der Waals surface area contributed by atoms with Crippen molar-refractivity contribution in [3.8, 4) is 0 Å². The summed E-state index contributed by atoms with van der Waals surface area (Å²) in [6, 6.07) is 5.53. The van der Waals surface area contributed by atoms with Crippen molar-refractivity contribution < 1.29 is 24.2 Å². The first-order valence-electron chi connectivity index (χ1n) is 8.66. The summed E-state index contributed by atoms with van der Waals surface area (Å²) in [5.41, 5.74) is 1.61. The Balaban J connectivity index is 2.11. The minimum Gasteiger partial charge on any atom is -0.480 e. The van der Waals surface area contributed by atoms with Crippen LogP contribution in [0.15, 0.2) is 24.3 Å². The maximum atomic E-state index is 12.9. The van der Waals surface area contributed by atoms with Gasteiger partial charge in [0.1, 0.15) is 6.04 Å². The van der Waals surface area contributed by atoms with Gasteiger partial charge in [-0.3, -0.25) is 9.59 Å². The van der Waals surface area contributed by atoms with Crippen LogP contribution in [0.4, 0.5) is 0 Å². The standard InChI is InChI=1S/C19H26N2O5S/c1-19(2,3)13-7-5-12(6-8-13)17(23)21-11-27-10-15(21)16(22)20-14(9-26-4)18(24)25/h5-8,14-15H,9-11H2,1-4H3,(H,20,22)(H,24,25). The number of carboxylic acids is 1. The zero-order valence-corrected chi connectivity index (χ0v) is 16.8. The van der Waals surface area contributed by atoms with E-state index in [1.54, 1.807) is 12.1 Å². The molecule has 1 aromatic rings. The lowest BCUT2D eigenvalue weighted by Gasteiger charge is -2.25. The zero-order chi connectivity index (χ0) is 20.2. The molecule has 1 saturated heterocycles. The third-order valence-corrected chi connectivity index (χ3v) is 5.40. The Labute approximate surface area is 163 Å². The molecule has 1 aliphatic rings. The molecule has 0 aromatic heterocycles. The van der Waals surface area contributed by atoms with E-state index in [2.05, 4.69) is 26.1 Å². The molecule has 2 amide bonds. The molecule has 7 nitrogen and oxygen atoms in total. The molecule has 0 radical (unpaired) electrons. The number of thioether (sulfide) groups is 1. The van der Waals surface area contributed by atoms with E-state index in [4.69, 9.17) is 9.84 Å². The molecule has 1 aromatic carbocycles. The van der Waals surface area contributed by atoms with Crippen molar-refractivity contribution in [2.24, 2.45) is 0 Å². The molecule has 0 spiro atoms. The van der Waals surface area contributed by atoms with Crippen molar-refractivity contribution in [3.63, 3.8) is 0 Å². The lowest BCUT2D eigenvalue weighted by molar-refractivity contribution is -0.143. The van der Waals surface area contributed by atoms with Crippen molar-refractivity contribution in [1.82, 2.24) is 10.2 Å². The summed E-state index contributed by atoms with van der Waals surface area (Å²) in [7, 11) is 1.37. The van der Waals surface area contributed by atoms with Gasteiger partial charge in [0.05, 0.1) is 12.5 Å². The summed E-state index contributed by atoms with van der Waals surface area (Å²) in [5.74, 6) is -1.08. The molecular formula is C19H26N2O5S. The summed E-state index contributed by atoms with van der Waals surface area (Å²) in [5, 5.41) is 11.6. The highest BCUT2D eigenvalue weighted by Crippen LogP contribution is 2.26. The number of methoxy groups -OCH3 is 1. The Hall–Kier alpha value is -2.06. The van der Waals surface area contributed by atoms with Crippen molar-refractivity contribution >= 4 is 29.5 Å². The number of carboxylic acid groups (broad SMARTS) is 1. The second kappa shape index (κ2) is 8.75. The van der Waals surface area contributed by atoms with Crippen LogP contribution < -0.4 is 5.32 Å². The number of hydrogen-bond acceptors (Lipinski definition) is 5. The largest absolute Gasteiger partial charge is 0.480 e. The highest BCUT2D eigenvalue weighted by atomic mass is 32.2. The SMILES string of the molecule is COCC(NC(=O)C1CSCN1C(=O)c1ccc(C(C)(C)C)cc1)C(=O)O. The Morgan fingerprint density at radius 1 is 1.30 bits per heavy atom. The van der Waals surface area contributed by atoms with Crippen molar-refractivity contribution in [3.05, 3.63) is 35.4 Å². The monoisotopic (exact) mass is 394 g/mol. The van der Waals surface area contributed by atoms with E-state index in [1.165, 1.54) is 23.8 Å². The fourth-order valence-electron chi connectivity index (χ4n) is 2.75. The minimum atomic E-state index is -1.17. The van der Waals surface area contributed by atoms with Gasteiger partial charge in [-0.05, 0) is 23.1 Å². The number of carbonyl (C=O) groups excluding carboxylic acids is 2. The van der Waals surface area contributed by atoms with Gasteiger partial charge in [-0.2, -0.15) is 0 Å². The number of rotatable bonds is 6. The van der Waals surface area contributed by atoms with Crippen LogP contribution in [0.25, 0.3) is 0 Å². The molecule has 0 bridgehead atoms. The molecule has 27 heavy (non-hydrogen) atoms. The maximum absolute atomic E-state index is 12.9. The van der Waals surface area contributed by atoms with Gasteiger partial charge >= 0.3 is 5.97 Å². The van der Waals surface area contributed by atoms with Crippen LogP contribution in [0.5, 0.6) is 0 Å². The van der Waals surface area contributed by atoms with E-state index in [1.807, 2.05) is 12.1 Å². The van der Waals surface area contributed by atoms with Crippen LogP contribution in [-0.2, 0) is 19.7 Å². The molecule has 2 unspecified atom stereocenters. The number of benzene rings is 1. The van der Waals surface area contributed by atoms with Crippen molar-refractivity contribution in [1.29, 1.82) is 0 Å². The predicted molar refractivity (Wildman–Crippen MR) is 104 cm³/mol. The van der Waals surface area contributed by atoms with Gasteiger partial charge in [-0.25, -0.2) is 4.79 Å². The fraction of sp³-hybridized carbons (Fsp3) is 0.526. The van der Waals surface area contributed by atoms with Crippen molar-refractivity contribution in [2.75, 3.05) is 25.3 Å². The fourth-order valence-corrected chi connectivity index (χ4v) is 3.90. The Morgan fingerprint density at radius 2 is 1.93 bits per heavy atom. The summed E-state index contributed by atoms with van der Waals surface area (Å²) in [4.78, 5) is 38.1. The van der Waals surface area contributed by atoms with Crippen molar-refractivity contribution in [2.45, 2.75) is 38.3 Å². The number of hydrogen-bond donors (Lipinski definition) is 2. The van der Waals surface area contributed by atoms with E-state index in [-0.39, 0.29) is 17.9 Å². The molecule has 0 aliphatic carbocycles. The molecule has 2 N–H and O–H groups in total. The molecule has 2 rings (SSSR count). The number of carbonyl (C=O) groups is 3. The Morgan fingerprint density at radius 3 is 2.44 bits per heavy atom. The van der Waals surface area contributed by atoms with Gasteiger partial charge in [0.2, 0.25) is 5.91 Å². The zero-order valence-electron chi connectivity index (χ0n) is 16.0. The highest BCUT2D eigenvalue weighted by molar-refractivity contribution is 7.99. The van der Waals surface area contributed by atoms with E-state index < -0.39 is 24.0 Å². The van der Waals surface area contributed by atoms with E-state index >= 15 is 0 Å². The maximum Gasteiger partial charge on any atom is 0.328 e. The van der Waals surface area contributed by atoms with Crippen LogP contribution in [0, 0.1) is 0 Å². The number of ether oxygens (including phenoxy) is 1. The average Bonchev–Trinajstić information content (AvgIpc) is 3.09. The number of aliphatic carboxylic acids is 1. The minimum absolute atomic E-state index is 0.0132. The third-order valence-electron chi connectivity index (χ3n) is 4.39. The molecule has 148 valence electrons.